The van der Waals surface area contributed by atoms with E-state index in [9.17, 15) is 8.42 Å². The lowest BCUT2D eigenvalue weighted by molar-refractivity contribution is 0.601. The van der Waals surface area contributed by atoms with Gasteiger partial charge in [-0.3, -0.25) is 9.40 Å². The number of anilines is 2. The van der Waals surface area contributed by atoms with Gasteiger partial charge in [0.2, 0.25) is 0 Å². The Morgan fingerprint density at radius 2 is 1.88 bits per heavy atom. The molecule has 0 saturated heterocycles. The number of fused-ring (bicyclic) bond motifs is 1. The lowest BCUT2D eigenvalue weighted by atomic mass is 10.3. The van der Waals surface area contributed by atoms with Crippen molar-refractivity contribution in [1.82, 2.24) is 19.7 Å². The van der Waals surface area contributed by atoms with E-state index in [4.69, 9.17) is 0 Å². The summed E-state index contributed by atoms with van der Waals surface area (Å²) in [6, 6.07) is 7.23. The van der Waals surface area contributed by atoms with Crippen LogP contribution in [-0.2, 0) is 17.1 Å². The topological polar surface area (TPSA) is 102 Å². The first-order valence-electron chi connectivity index (χ1n) is 7.12. The zero-order chi connectivity index (χ0) is 17.2. The molecule has 0 bridgehead atoms. The van der Waals surface area contributed by atoms with Crippen LogP contribution in [0.2, 0.25) is 0 Å². The summed E-state index contributed by atoms with van der Waals surface area (Å²) in [6.07, 6.45) is 4.33. The van der Waals surface area contributed by atoms with Crippen molar-refractivity contribution in [3.63, 3.8) is 0 Å². The molecule has 2 heterocycles. The molecule has 2 N–H and O–H groups in total. The molecule has 0 radical (unpaired) electrons. The molecule has 0 fully saturated rings. The number of sulfonamides is 1. The Kier molecular flexibility index (Phi) is 4.17. The summed E-state index contributed by atoms with van der Waals surface area (Å²) in [5.41, 5.74) is 1.25. The van der Waals surface area contributed by atoms with Gasteiger partial charge in [0.25, 0.3) is 10.0 Å². The number of benzene rings is 1. The van der Waals surface area contributed by atoms with Gasteiger partial charge in [-0.25, -0.2) is 18.4 Å². The van der Waals surface area contributed by atoms with Crippen molar-refractivity contribution < 1.29 is 8.42 Å². The molecule has 2 aromatic heterocycles. The molecule has 124 valence electrons. The van der Waals surface area contributed by atoms with Gasteiger partial charge in [0, 0.05) is 19.8 Å². The SMILES string of the molecule is C=CCNc1nc2ccccc2nc1NS(=O)(=O)c1cnn(C)c1. The van der Waals surface area contributed by atoms with Crippen LogP contribution in [0.15, 0.2) is 54.2 Å². The predicted molar refractivity (Wildman–Crippen MR) is 92.2 cm³/mol. The van der Waals surface area contributed by atoms with Gasteiger partial charge < -0.3 is 5.32 Å². The summed E-state index contributed by atoms with van der Waals surface area (Å²) in [4.78, 5) is 8.85. The van der Waals surface area contributed by atoms with Gasteiger partial charge in [-0.05, 0) is 12.1 Å². The molecule has 0 aliphatic rings. The third-order valence-corrected chi connectivity index (χ3v) is 4.50. The number of nitrogens with one attached hydrogen (secondary N) is 2. The summed E-state index contributed by atoms with van der Waals surface area (Å²) in [6.45, 7) is 4.06. The first-order valence-corrected chi connectivity index (χ1v) is 8.61. The Bertz CT molecular complexity index is 996. The van der Waals surface area contributed by atoms with E-state index >= 15 is 0 Å². The third-order valence-electron chi connectivity index (χ3n) is 3.21. The van der Waals surface area contributed by atoms with Crippen molar-refractivity contribution in [2.45, 2.75) is 4.90 Å². The summed E-state index contributed by atoms with van der Waals surface area (Å²) in [5, 5.41) is 6.87. The second-order valence-corrected chi connectivity index (χ2v) is 6.72. The Labute approximate surface area is 139 Å². The molecular formula is C15H16N6O2S. The number of para-hydroxylation sites is 2. The fraction of sp³-hybridized carbons (Fsp3) is 0.133. The monoisotopic (exact) mass is 344 g/mol. The molecule has 9 heteroatoms. The maximum Gasteiger partial charge on any atom is 0.266 e. The number of aromatic nitrogens is 4. The Morgan fingerprint density at radius 3 is 2.46 bits per heavy atom. The van der Waals surface area contributed by atoms with E-state index < -0.39 is 10.0 Å². The first-order chi connectivity index (χ1) is 11.5. The largest absolute Gasteiger partial charge is 0.363 e. The maximum absolute atomic E-state index is 12.5. The van der Waals surface area contributed by atoms with E-state index in [-0.39, 0.29) is 10.7 Å². The molecule has 3 rings (SSSR count). The summed E-state index contributed by atoms with van der Waals surface area (Å²) in [7, 11) is -2.17. The lowest BCUT2D eigenvalue weighted by Crippen LogP contribution is -2.16. The number of nitrogens with zero attached hydrogens (tertiary/aromatic N) is 4. The summed E-state index contributed by atoms with van der Waals surface area (Å²) in [5.74, 6) is 0.459. The van der Waals surface area contributed by atoms with Crippen LogP contribution in [0, 0.1) is 0 Å². The van der Waals surface area contributed by atoms with Gasteiger partial charge in [-0.2, -0.15) is 5.10 Å². The van der Waals surface area contributed by atoms with E-state index in [1.807, 2.05) is 12.1 Å². The fourth-order valence-corrected chi connectivity index (χ4v) is 3.08. The zero-order valence-electron chi connectivity index (χ0n) is 13.0. The summed E-state index contributed by atoms with van der Waals surface area (Å²) >= 11 is 0. The van der Waals surface area contributed by atoms with Crippen LogP contribution >= 0.6 is 0 Å². The Balaban J connectivity index is 2.04. The minimum Gasteiger partial charge on any atom is -0.363 e. The molecule has 0 amide bonds. The van der Waals surface area contributed by atoms with Crippen LogP contribution in [0.25, 0.3) is 11.0 Å². The van der Waals surface area contributed by atoms with E-state index in [1.165, 1.54) is 17.1 Å². The highest BCUT2D eigenvalue weighted by Crippen LogP contribution is 2.23. The quantitative estimate of drug-likeness (QED) is 0.661. The van der Waals surface area contributed by atoms with Crippen LogP contribution in [-0.4, -0.2) is 34.7 Å². The number of rotatable bonds is 6. The molecule has 0 spiro atoms. The zero-order valence-corrected chi connectivity index (χ0v) is 13.8. The third kappa shape index (κ3) is 3.20. The highest BCUT2D eigenvalue weighted by atomic mass is 32.2. The molecule has 24 heavy (non-hydrogen) atoms. The second-order valence-electron chi connectivity index (χ2n) is 5.03. The molecule has 0 unspecified atom stereocenters. The van der Waals surface area contributed by atoms with E-state index in [0.29, 0.717) is 23.4 Å². The van der Waals surface area contributed by atoms with Gasteiger partial charge in [-0.1, -0.05) is 18.2 Å². The standard InChI is InChI=1S/C15H16N6O2S/c1-3-8-16-14-15(19-13-7-5-4-6-12(13)18-14)20-24(22,23)11-9-17-21(2)10-11/h3-7,9-10H,1,8H2,2H3,(H,16,18)(H,19,20). The maximum atomic E-state index is 12.5. The molecular weight excluding hydrogens is 328 g/mol. The molecule has 8 nitrogen and oxygen atoms in total. The fourth-order valence-electron chi connectivity index (χ4n) is 2.09. The van der Waals surface area contributed by atoms with Gasteiger partial charge >= 0.3 is 0 Å². The number of aryl methyl sites for hydroxylation is 1. The molecule has 0 atom stereocenters. The van der Waals surface area contributed by atoms with Crippen LogP contribution in [0.4, 0.5) is 11.6 Å². The van der Waals surface area contributed by atoms with Crippen molar-refractivity contribution in [3.8, 4) is 0 Å². The molecule has 3 aromatic rings. The molecule has 0 aliphatic heterocycles. The van der Waals surface area contributed by atoms with Gasteiger partial charge in [0.1, 0.15) is 4.90 Å². The van der Waals surface area contributed by atoms with Crippen molar-refractivity contribution in [2.24, 2.45) is 7.05 Å². The van der Waals surface area contributed by atoms with Crippen molar-refractivity contribution >= 4 is 32.7 Å². The van der Waals surface area contributed by atoms with Gasteiger partial charge in [0.15, 0.2) is 11.6 Å². The molecule has 0 aliphatic carbocycles. The van der Waals surface area contributed by atoms with Crippen LogP contribution in [0.3, 0.4) is 0 Å². The first kappa shape index (κ1) is 15.9. The number of hydrogen-bond acceptors (Lipinski definition) is 6. The lowest BCUT2D eigenvalue weighted by Gasteiger charge is -2.12. The smallest absolute Gasteiger partial charge is 0.266 e. The van der Waals surface area contributed by atoms with E-state index in [0.717, 1.165) is 0 Å². The van der Waals surface area contributed by atoms with Crippen molar-refractivity contribution in [2.75, 3.05) is 16.6 Å². The number of hydrogen-bond donors (Lipinski definition) is 2. The normalized spacial score (nSPS) is 11.4. The highest BCUT2D eigenvalue weighted by Gasteiger charge is 2.20. The van der Waals surface area contributed by atoms with Crippen LogP contribution in [0.1, 0.15) is 0 Å². The van der Waals surface area contributed by atoms with E-state index in [1.54, 1.807) is 25.3 Å². The predicted octanol–water partition coefficient (Wildman–Crippen LogP) is 1.76. The average Bonchev–Trinajstić information content (AvgIpc) is 3.00. The molecule has 1 aromatic carbocycles. The average molecular weight is 344 g/mol. The summed E-state index contributed by atoms with van der Waals surface area (Å²) < 4.78 is 28.9. The highest BCUT2D eigenvalue weighted by molar-refractivity contribution is 7.92. The minimum atomic E-state index is -3.81. The Hall–Kier alpha value is -2.94. The van der Waals surface area contributed by atoms with Gasteiger partial charge in [0.05, 0.1) is 17.2 Å². The van der Waals surface area contributed by atoms with E-state index in [2.05, 4.69) is 31.7 Å². The molecule has 0 saturated carbocycles. The van der Waals surface area contributed by atoms with Gasteiger partial charge in [-0.15, -0.1) is 6.58 Å². The van der Waals surface area contributed by atoms with Crippen LogP contribution in [0.5, 0.6) is 0 Å². The van der Waals surface area contributed by atoms with Crippen molar-refractivity contribution in [1.29, 1.82) is 0 Å². The Morgan fingerprint density at radius 1 is 1.21 bits per heavy atom. The van der Waals surface area contributed by atoms with Crippen molar-refractivity contribution in [3.05, 3.63) is 49.3 Å². The second kappa shape index (κ2) is 6.28. The minimum absolute atomic E-state index is 0.0506. The van der Waals surface area contributed by atoms with Crippen LogP contribution < -0.4 is 10.0 Å².